The molecule has 0 heterocycles. The molecule has 0 aliphatic heterocycles. The highest BCUT2D eigenvalue weighted by atomic mass is 16.6. The minimum Gasteiger partial charge on any atom is -0.425 e. The number of hydrogen-bond acceptors (Lipinski definition) is 3. The van der Waals surface area contributed by atoms with Crippen molar-refractivity contribution in [2.45, 2.75) is 52.2 Å². The number of ether oxygens (including phenoxy) is 1. The van der Waals surface area contributed by atoms with Gasteiger partial charge in [-0.3, -0.25) is 0 Å². The molecule has 0 aromatic carbocycles. The molecule has 0 spiro atoms. The molecule has 3 heteroatoms. The van der Waals surface area contributed by atoms with Crippen LogP contribution in [-0.2, 0) is 9.53 Å². The first-order chi connectivity index (χ1) is 6.42. The van der Waals surface area contributed by atoms with E-state index in [4.69, 9.17) is 0 Å². The Morgan fingerprint density at radius 1 is 1.43 bits per heavy atom. The molecule has 1 radical (unpaired) electrons. The van der Waals surface area contributed by atoms with E-state index >= 15 is 0 Å². The Balaban J connectivity index is 2.72. The zero-order chi connectivity index (χ0) is 10.8. The lowest BCUT2D eigenvalue weighted by Crippen LogP contribution is -2.44. The molecule has 14 heavy (non-hydrogen) atoms. The third-order valence-corrected chi connectivity index (χ3v) is 3.62. The summed E-state index contributed by atoms with van der Waals surface area (Å²) in [6.45, 7) is 7.76. The van der Waals surface area contributed by atoms with Crippen LogP contribution in [0.1, 0.15) is 46.5 Å². The summed E-state index contributed by atoms with van der Waals surface area (Å²) in [5, 5.41) is 9.97. The van der Waals surface area contributed by atoms with Crippen molar-refractivity contribution in [2.24, 2.45) is 11.3 Å². The lowest BCUT2D eigenvalue weighted by molar-refractivity contribution is -0.198. The molecule has 1 aliphatic carbocycles. The smallest absolute Gasteiger partial charge is 0.420 e. The van der Waals surface area contributed by atoms with Crippen molar-refractivity contribution in [2.75, 3.05) is 0 Å². The van der Waals surface area contributed by atoms with Gasteiger partial charge in [0.05, 0.1) is 0 Å². The maximum atomic E-state index is 10.2. The van der Waals surface area contributed by atoms with Crippen LogP contribution in [0, 0.1) is 11.3 Å². The van der Waals surface area contributed by atoms with E-state index in [1.54, 1.807) is 0 Å². The van der Waals surface area contributed by atoms with Crippen molar-refractivity contribution in [1.29, 1.82) is 0 Å². The predicted molar refractivity (Wildman–Crippen MR) is 53.1 cm³/mol. The third-order valence-electron chi connectivity index (χ3n) is 3.62. The molecule has 0 bridgehead atoms. The van der Waals surface area contributed by atoms with E-state index in [2.05, 4.69) is 25.5 Å². The molecule has 0 amide bonds. The van der Waals surface area contributed by atoms with Crippen LogP contribution in [0.5, 0.6) is 0 Å². The Bertz CT molecular complexity index is 215. The van der Waals surface area contributed by atoms with E-state index in [0.717, 1.165) is 12.8 Å². The summed E-state index contributed by atoms with van der Waals surface area (Å²) in [6, 6.07) is 0. The van der Waals surface area contributed by atoms with Gasteiger partial charge in [0.2, 0.25) is 5.79 Å². The molecule has 81 valence electrons. The van der Waals surface area contributed by atoms with Gasteiger partial charge < -0.3 is 9.84 Å². The molecular weight excluding hydrogens is 180 g/mol. The fourth-order valence-electron chi connectivity index (χ4n) is 2.23. The Kier molecular flexibility index (Phi) is 3.20. The number of hydrogen-bond donors (Lipinski definition) is 1. The van der Waals surface area contributed by atoms with Gasteiger partial charge in [0.15, 0.2) is 0 Å². The van der Waals surface area contributed by atoms with Crippen molar-refractivity contribution >= 4 is 6.47 Å². The summed E-state index contributed by atoms with van der Waals surface area (Å²) in [6.07, 6.45) is 3.03. The molecule has 1 saturated carbocycles. The van der Waals surface area contributed by atoms with Gasteiger partial charge in [-0.15, -0.1) is 0 Å². The van der Waals surface area contributed by atoms with Crippen molar-refractivity contribution in [1.82, 2.24) is 0 Å². The van der Waals surface area contributed by atoms with Gasteiger partial charge in [0.25, 0.3) is 0 Å². The quantitative estimate of drug-likeness (QED) is 0.707. The van der Waals surface area contributed by atoms with Crippen LogP contribution in [0.3, 0.4) is 0 Å². The largest absolute Gasteiger partial charge is 0.425 e. The van der Waals surface area contributed by atoms with E-state index in [1.807, 2.05) is 0 Å². The summed E-state index contributed by atoms with van der Waals surface area (Å²) in [5.41, 5.74) is 0.0594. The average Bonchev–Trinajstić information content (AvgIpc) is 2.03. The van der Waals surface area contributed by atoms with Gasteiger partial charge >= 0.3 is 6.47 Å². The van der Waals surface area contributed by atoms with Gasteiger partial charge in [-0.1, -0.05) is 20.8 Å². The van der Waals surface area contributed by atoms with Gasteiger partial charge in [0.1, 0.15) is 0 Å². The predicted octanol–water partition coefficient (Wildman–Crippen LogP) is 2.00. The fraction of sp³-hybridized carbons (Fsp3) is 0.909. The number of rotatable bonds is 3. The van der Waals surface area contributed by atoms with Crippen molar-refractivity contribution in [3.63, 3.8) is 0 Å². The van der Waals surface area contributed by atoms with Crippen LogP contribution in [0.25, 0.3) is 0 Å². The van der Waals surface area contributed by atoms with Gasteiger partial charge in [0, 0.05) is 12.8 Å². The van der Waals surface area contributed by atoms with Gasteiger partial charge in [-0.2, -0.15) is 0 Å². The molecule has 0 aromatic heterocycles. The summed E-state index contributed by atoms with van der Waals surface area (Å²) < 4.78 is 4.67. The highest BCUT2D eigenvalue weighted by molar-refractivity contribution is 5.39. The Labute approximate surface area is 85.5 Å². The summed E-state index contributed by atoms with van der Waals surface area (Å²) in [7, 11) is 0. The van der Waals surface area contributed by atoms with Crippen LogP contribution in [0.2, 0.25) is 0 Å². The van der Waals surface area contributed by atoms with Crippen LogP contribution in [0.15, 0.2) is 0 Å². The topological polar surface area (TPSA) is 46.5 Å². The second-order valence-corrected chi connectivity index (χ2v) is 4.97. The standard InChI is InChI=1S/C11H19O3/c1-9(2)10(3)5-4-6-11(13,7-10)14-8-12/h9,13H,4-7H2,1-3H3. The van der Waals surface area contributed by atoms with E-state index < -0.39 is 5.79 Å². The first kappa shape index (κ1) is 11.5. The van der Waals surface area contributed by atoms with Crippen LogP contribution >= 0.6 is 0 Å². The lowest BCUT2D eigenvalue weighted by Gasteiger charge is -2.44. The molecule has 0 aromatic rings. The van der Waals surface area contributed by atoms with Crippen LogP contribution in [-0.4, -0.2) is 17.4 Å². The minimum absolute atomic E-state index is 0.0594. The minimum atomic E-state index is -1.28. The molecule has 0 saturated heterocycles. The van der Waals surface area contributed by atoms with Gasteiger partial charge in [-0.25, -0.2) is 4.79 Å². The summed E-state index contributed by atoms with van der Waals surface area (Å²) >= 11 is 0. The van der Waals surface area contributed by atoms with Crippen LogP contribution < -0.4 is 0 Å². The van der Waals surface area contributed by atoms with E-state index in [-0.39, 0.29) is 5.41 Å². The zero-order valence-electron chi connectivity index (χ0n) is 9.17. The SMILES string of the molecule is CC(C)C1(C)CCCC(O)(O[C]=O)C1. The van der Waals surface area contributed by atoms with Crippen LogP contribution in [0.4, 0.5) is 0 Å². The molecule has 1 fully saturated rings. The third kappa shape index (κ3) is 2.27. The molecule has 3 nitrogen and oxygen atoms in total. The second-order valence-electron chi connectivity index (χ2n) is 4.97. The first-order valence-corrected chi connectivity index (χ1v) is 5.19. The molecule has 1 aliphatic rings. The Hall–Kier alpha value is -0.570. The average molecular weight is 199 g/mol. The maximum absolute atomic E-state index is 10.2. The maximum Gasteiger partial charge on any atom is 0.420 e. The van der Waals surface area contributed by atoms with Crippen molar-refractivity contribution < 1.29 is 14.6 Å². The lowest BCUT2D eigenvalue weighted by atomic mass is 9.66. The van der Waals surface area contributed by atoms with Crippen molar-refractivity contribution in [3.8, 4) is 0 Å². The van der Waals surface area contributed by atoms with Crippen molar-refractivity contribution in [3.05, 3.63) is 0 Å². The van der Waals surface area contributed by atoms with E-state index in [1.165, 1.54) is 6.47 Å². The number of aliphatic hydroxyl groups is 1. The van der Waals surface area contributed by atoms with Gasteiger partial charge in [-0.05, 0) is 24.2 Å². The van der Waals surface area contributed by atoms with E-state index in [9.17, 15) is 9.90 Å². The first-order valence-electron chi connectivity index (χ1n) is 5.19. The highest BCUT2D eigenvalue weighted by Gasteiger charge is 2.44. The Morgan fingerprint density at radius 2 is 2.07 bits per heavy atom. The zero-order valence-corrected chi connectivity index (χ0v) is 9.17. The molecule has 2 unspecified atom stereocenters. The highest BCUT2D eigenvalue weighted by Crippen LogP contribution is 2.46. The number of carbonyl (C=O) groups excluding carboxylic acids is 1. The normalized spacial score (nSPS) is 38.4. The monoisotopic (exact) mass is 199 g/mol. The molecule has 1 rings (SSSR count). The summed E-state index contributed by atoms with van der Waals surface area (Å²) in [4.78, 5) is 10.2. The van der Waals surface area contributed by atoms with E-state index in [0.29, 0.717) is 18.8 Å². The second kappa shape index (κ2) is 3.89. The fourth-order valence-corrected chi connectivity index (χ4v) is 2.23. The molecule has 1 N–H and O–H groups in total. The molecule has 2 atom stereocenters. The molecular formula is C11H19O3. The Morgan fingerprint density at radius 3 is 2.57 bits per heavy atom. The summed E-state index contributed by atoms with van der Waals surface area (Å²) in [5.74, 6) is -0.802.